The van der Waals surface area contributed by atoms with E-state index in [1.165, 1.54) is 5.56 Å². The molecule has 1 aromatic rings. The highest BCUT2D eigenvalue weighted by Crippen LogP contribution is 2.24. The molecule has 0 aliphatic rings. The highest BCUT2D eigenvalue weighted by Gasteiger charge is 2.10. The van der Waals surface area contributed by atoms with E-state index in [9.17, 15) is 4.79 Å². The van der Waals surface area contributed by atoms with E-state index in [-0.39, 0.29) is 5.91 Å². The molecule has 4 heteroatoms. The van der Waals surface area contributed by atoms with Crippen molar-refractivity contribution < 1.29 is 9.53 Å². The summed E-state index contributed by atoms with van der Waals surface area (Å²) < 4.78 is 5.26. The van der Waals surface area contributed by atoms with Gasteiger partial charge in [0.2, 0.25) is 5.91 Å². The summed E-state index contributed by atoms with van der Waals surface area (Å²) in [6.45, 7) is 4.25. The van der Waals surface area contributed by atoms with Crippen LogP contribution < -0.4 is 15.6 Å². The highest BCUT2D eigenvalue weighted by atomic mass is 16.5. The Hall–Kier alpha value is -1.55. The predicted octanol–water partition coefficient (Wildman–Crippen LogP) is 1.61. The lowest BCUT2D eigenvalue weighted by atomic mass is 9.99. The van der Waals surface area contributed by atoms with Crippen LogP contribution in [-0.4, -0.2) is 20.1 Å². The zero-order valence-electron chi connectivity index (χ0n) is 10.8. The van der Waals surface area contributed by atoms with Crippen LogP contribution in [0.3, 0.4) is 0 Å². The van der Waals surface area contributed by atoms with E-state index in [4.69, 9.17) is 4.74 Å². The van der Waals surface area contributed by atoms with Gasteiger partial charge in [0, 0.05) is 12.6 Å². The standard InChI is InChI=1S/C13H20N2O2/c1-9(2)10-5-6-12(17-4)11(7-10)8-13(16)15-14-3/h5-7,9,14H,8H2,1-4H3,(H,15,16). The average molecular weight is 236 g/mol. The minimum atomic E-state index is -0.0771. The molecule has 0 atom stereocenters. The summed E-state index contributed by atoms with van der Waals surface area (Å²) in [6, 6.07) is 5.97. The number of carbonyl (C=O) groups excluding carboxylic acids is 1. The zero-order valence-corrected chi connectivity index (χ0v) is 10.8. The van der Waals surface area contributed by atoms with Crippen LogP contribution >= 0.6 is 0 Å². The lowest BCUT2D eigenvalue weighted by Crippen LogP contribution is -2.35. The van der Waals surface area contributed by atoms with Gasteiger partial charge in [0.25, 0.3) is 0 Å². The molecule has 0 saturated heterocycles. The van der Waals surface area contributed by atoms with E-state index in [1.807, 2.05) is 18.2 Å². The first-order valence-electron chi connectivity index (χ1n) is 5.71. The Labute approximate surface area is 102 Å². The number of amides is 1. The van der Waals surface area contributed by atoms with Crippen LogP contribution in [0.5, 0.6) is 5.75 Å². The van der Waals surface area contributed by atoms with Crippen LogP contribution in [0.1, 0.15) is 30.9 Å². The summed E-state index contributed by atoms with van der Waals surface area (Å²) in [6.07, 6.45) is 0.310. The van der Waals surface area contributed by atoms with Gasteiger partial charge >= 0.3 is 0 Å². The van der Waals surface area contributed by atoms with Gasteiger partial charge in [-0.15, -0.1) is 0 Å². The molecule has 4 nitrogen and oxygen atoms in total. The van der Waals surface area contributed by atoms with Gasteiger partial charge < -0.3 is 4.74 Å². The zero-order chi connectivity index (χ0) is 12.8. The molecule has 0 saturated carbocycles. The largest absolute Gasteiger partial charge is 0.496 e. The van der Waals surface area contributed by atoms with Crippen molar-refractivity contribution in [3.8, 4) is 5.75 Å². The van der Waals surface area contributed by atoms with E-state index in [1.54, 1.807) is 14.2 Å². The summed E-state index contributed by atoms with van der Waals surface area (Å²) in [5.41, 5.74) is 7.29. The summed E-state index contributed by atoms with van der Waals surface area (Å²) in [5.74, 6) is 1.11. The smallest absolute Gasteiger partial charge is 0.238 e. The Bertz CT molecular complexity index is 389. The molecule has 1 amide bonds. The molecule has 0 aromatic heterocycles. The fourth-order valence-corrected chi connectivity index (χ4v) is 1.65. The van der Waals surface area contributed by atoms with Crippen molar-refractivity contribution in [3.05, 3.63) is 29.3 Å². The van der Waals surface area contributed by atoms with Crippen molar-refractivity contribution in [2.75, 3.05) is 14.2 Å². The molecule has 0 bridgehead atoms. The number of carbonyl (C=O) groups is 1. The first-order chi connectivity index (χ1) is 8.08. The first kappa shape index (κ1) is 13.5. The monoisotopic (exact) mass is 236 g/mol. The van der Waals surface area contributed by atoms with Crippen LogP contribution in [-0.2, 0) is 11.2 Å². The third-order valence-corrected chi connectivity index (χ3v) is 2.59. The topological polar surface area (TPSA) is 50.4 Å². The van der Waals surface area contributed by atoms with Crippen LogP contribution in [0, 0.1) is 0 Å². The van der Waals surface area contributed by atoms with Gasteiger partial charge in [-0.2, -0.15) is 0 Å². The van der Waals surface area contributed by atoms with Gasteiger partial charge in [-0.25, -0.2) is 5.43 Å². The molecular weight excluding hydrogens is 216 g/mol. The predicted molar refractivity (Wildman–Crippen MR) is 68.0 cm³/mol. The first-order valence-corrected chi connectivity index (χ1v) is 5.71. The summed E-state index contributed by atoms with van der Waals surface area (Å²) in [4.78, 5) is 11.5. The normalized spacial score (nSPS) is 10.4. The quantitative estimate of drug-likeness (QED) is 0.764. The Kier molecular flexibility index (Phi) is 4.97. The van der Waals surface area contributed by atoms with E-state index in [0.29, 0.717) is 12.3 Å². The van der Waals surface area contributed by atoms with Gasteiger partial charge in [-0.3, -0.25) is 10.2 Å². The van der Waals surface area contributed by atoms with Gasteiger partial charge in [0.05, 0.1) is 13.5 Å². The maximum absolute atomic E-state index is 11.5. The number of hydrazine groups is 1. The van der Waals surface area contributed by atoms with E-state index in [2.05, 4.69) is 24.7 Å². The molecule has 0 spiro atoms. The molecule has 17 heavy (non-hydrogen) atoms. The lowest BCUT2D eigenvalue weighted by Gasteiger charge is -2.12. The van der Waals surface area contributed by atoms with Crippen molar-refractivity contribution in [3.63, 3.8) is 0 Å². The van der Waals surface area contributed by atoms with Crippen LogP contribution in [0.2, 0.25) is 0 Å². The molecule has 0 aliphatic carbocycles. The molecule has 2 N–H and O–H groups in total. The third kappa shape index (κ3) is 3.75. The number of methoxy groups -OCH3 is 1. The maximum atomic E-state index is 11.5. The number of benzene rings is 1. The minimum absolute atomic E-state index is 0.0771. The Morgan fingerprint density at radius 2 is 2.12 bits per heavy atom. The number of hydrogen-bond acceptors (Lipinski definition) is 3. The van der Waals surface area contributed by atoms with Crippen LogP contribution in [0.15, 0.2) is 18.2 Å². The second kappa shape index (κ2) is 6.25. The van der Waals surface area contributed by atoms with Gasteiger partial charge in [-0.05, 0) is 17.5 Å². The van der Waals surface area contributed by atoms with Crippen molar-refractivity contribution in [1.29, 1.82) is 0 Å². The molecular formula is C13H20N2O2. The van der Waals surface area contributed by atoms with Crippen molar-refractivity contribution in [2.24, 2.45) is 0 Å². The number of rotatable bonds is 5. The van der Waals surface area contributed by atoms with Crippen LogP contribution in [0.25, 0.3) is 0 Å². The maximum Gasteiger partial charge on any atom is 0.238 e. The second-order valence-electron chi connectivity index (χ2n) is 4.20. The Balaban J connectivity index is 2.93. The van der Waals surface area contributed by atoms with Crippen molar-refractivity contribution in [2.45, 2.75) is 26.2 Å². The number of hydrogen-bond donors (Lipinski definition) is 2. The molecule has 0 aliphatic heterocycles. The van der Waals surface area contributed by atoms with Gasteiger partial charge in [-0.1, -0.05) is 26.0 Å². The number of nitrogens with one attached hydrogen (secondary N) is 2. The third-order valence-electron chi connectivity index (χ3n) is 2.59. The minimum Gasteiger partial charge on any atom is -0.496 e. The fraction of sp³-hybridized carbons (Fsp3) is 0.462. The number of ether oxygens (including phenoxy) is 1. The van der Waals surface area contributed by atoms with Crippen molar-refractivity contribution >= 4 is 5.91 Å². The molecule has 1 rings (SSSR count). The average Bonchev–Trinajstić information content (AvgIpc) is 2.29. The van der Waals surface area contributed by atoms with Gasteiger partial charge in [0.1, 0.15) is 5.75 Å². The summed E-state index contributed by atoms with van der Waals surface area (Å²) in [5, 5.41) is 0. The molecule has 1 aromatic carbocycles. The lowest BCUT2D eigenvalue weighted by molar-refractivity contribution is -0.121. The second-order valence-corrected chi connectivity index (χ2v) is 4.20. The van der Waals surface area contributed by atoms with E-state index < -0.39 is 0 Å². The molecule has 0 fully saturated rings. The van der Waals surface area contributed by atoms with Gasteiger partial charge in [0.15, 0.2) is 0 Å². The van der Waals surface area contributed by atoms with E-state index >= 15 is 0 Å². The van der Waals surface area contributed by atoms with E-state index in [0.717, 1.165) is 11.3 Å². The molecule has 0 unspecified atom stereocenters. The summed E-state index contributed by atoms with van der Waals surface area (Å²) in [7, 11) is 3.28. The molecule has 0 heterocycles. The highest BCUT2D eigenvalue weighted by molar-refractivity contribution is 5.78. The Morgan fingerprint density at radius 1 is 1.41 bits per heavy atom. The fourth-order valence-electron chi connectivity index (χ4n) is 1.65. The molecule has 94 valence electrons. The molecule has 0 radical (unpaired) electrons. The summed E-state index contributed by atoms with van der Waals surface area (Å²) >= 11 is 0. The SMILES string of the molecule is CNNC(=O)Cc1cc(C(C)C)ccc1OC. The van der Waals surface area contributed by atoms with Crippen LogP contribution in [0.4, 0.5) is 0 Å². The van der Waals surface area contributed by atoms with Crippen molar-refractivity contribution in [1.82, 2.24) is 10.9 Å². The Morgan fingerprint density at radius 3 is 2.65 bits per heavy atom.